The zero-order valence-electron chi connectivity index (χ0n) is 56.1. The van der Waals surface area contributed by atoms with Gasteiger partial charge in [0.25, 0.3) is 0 Å². The van der Waals surface area contributed by atoms with Crippen LogP contribution in [-0.2, 0) is 28.6 Å². The molecule has 6 nitrogen and oxygen atoms in total. The zero-order chi connectivity index (χ0) is 77.9. The molecule has 0 N–H and O–H groups in total. The Kier molecular flexibility index (Phi) is 52.5. The third-order valence-electron chi connectivity index (χ3n) is 9.12. The molecule has 0 heterocycles. The van der Waals surface area contributed by atoms with Crippen LogP contribution < -0.4 is 0 Å². The fraction of sp³-hybridized carbons (Fsp3) is 0.0792. The van der Waals surface area contributed by atoms with Crippen molar-refractivity contribution in [1.82, 2.24) is 0 Å². The number of rotatable bonds is 5. The summed E-state index contributed by atoms with van der Waals surface area (Å²) >= 11 is 0. The van der Waals surface area contributed by atoms with Crippen LogP contribution >= 0.6 is 0 Å². The number of allylic oxidation sites excluding steroid dienone is 6. The molecule has 0 aromatic carbocycles. The van der Waals surface area contributed by atoms with E-state index in [2.05, 4.69) is 480 Å². The van der Waals surface area contributed by atoms with E-state index in [1.165, 1.54) is 71.1 Å². The molecule has 0 atom stereocenters. The van der Waals surface area contributed by atoms with Crippen molar-refractivity contribution < 1.29 is 28.6 Å². The van der Waals surface area contributed by atoms with Gasteiger partial charge in [0.1, 0.15) is 0 Å². The van der Waals surface area contributed by atoms with Gasteiger partial charge in [-0.3, -0.25) is 0 Å². The predicted molar refractivity (Wildman–Crippen MR) is 412 cm³/mol. The largest absolute Gasteiger partial charge is 0.446 e. The molecule has 0 amide bonds. The average Bonchev–Trinajstić information content (AvgIpc) is 0.752. The Morgan fingerprint density at radius 3 is 0.458 bits per heavy atom. The minimum Gasteiger partial charge on any atom is -0.446 e. The molecule has 0 aromatic rings. The van der Waals surface area contributed by atoms with Crippen molar-refractivity contribution in [2.24, 2.45) is 0 Å². The van der Waals surface area contributed by atoms with Gasteiger partial charge in [-0.1, -0.05) is 35.5 Å². The second-order valence-electron chi connectivity index (χ2n) is 16.5. The molecule has 0 saturated heterocycles. The highest BCUT2D eigenvalue weighted by Gasteiger charge is 2.60. The van der Waals surface area contributed by atoms with E-state index in [0.717, 1.165) is 0 Å². The number of hydrogen-bond donors (Lipinski definition) is 0. The molecular formula is C101H24O6. The maximum atomic E-state index is 13.3. The molecule has 0 aliphatic rings. The summed E-state index contributed by atoms with van der Waals surface area (Å²) in [6.45, 7) is 6.90. The Morgan fingerprint density at radius 2 is 0.308 bits per heavy atom. The Labute approximate surface area is 629 Å². The van der Waals surface area contributed by atoms with Crippen LogP contribution in [0, 0.1) is 499 Å². The molecule has 0 aliphatic heterocycles. The lowest BCUT2D eigenvalue weighted by atomic mass is 9.74. The number of esters is 3. The van der Waals surface area contributed by atoms with E-state index in [4.69, 9.17) is 33.5 Å². The second kappa shape index (κ2) is 65.2. The summed E-state index contributed by atoms with van der Waals surface area (Å²) in [5.41, 5.74) is -5.64. The van der Waals surface area contributed by atoms with Gasteiger partial charge in [-0.25, -0.2) is 14.4 Å². The summed E-state index contributed by atoms with van der Waals surface area (Å²) in [6.07, 6.45) is 23.1. The number of hydrogen-bond acceptors (Lipinski definition) is 6. The quantitative estimate of drug-likeness (QED) is 0.183. The molecule has 464 valence electrons. The van der Waals surface area contributed by atoms with Crippen LogP contribution in [0.1, 0.15) is 34.6 Å². The Hall–Kier alpha value is -20.8. The molecule has 0 unspecified atom stereocenters. The van der Waals surface area contributed by atoms with Gasteiger partial charge in [0.15, 0.2) is 16.8 Å². The lowest BCUT2D eigenvalue weighted by molar-refractivity contribution is -0.245. The third-order valence-corrected chi connectivity index (χ3v) is 9.12. The average molecular weight is 1330 g/mol. The first-order valence-corrected chi connectivity index (χ1v) is 27.9. The highest BCUT2D eigenvalue weighted by molar-refractivity contribution is 5.91. The summed E-state index contributed by atoms with van der Waals surface area (Å²) in [5, 5.41) is 0. The van der Waals surface area contributed by atoms with Gasteiger partial charge >= 0.3 is 17.9 Å². The molecule has 0 rings (SSSR count). The smallest absolute Gasteiger partial charge is 0.386 e. The molecular weight excluding hydrogens is 1310 g/mol. The zero-order valence-corrected chi connectivity index (χ0v) is 56.1. The Morgan fingerprint density at radius 1 is 0.187 bits per heavy atom. The van der Waals surface area contributed by atoms with Crippen LogP contribution in [0.5, 0.6) is 0 Å². The number of carbonyl (C=O) groups excluding carboxylic acids is 3. The third kappa shape index (κ3) is 56.4. The van der Waals surface area contributed by atoms with E-state index in [1.54, 1.807) is 0 Å². The molecule has 0 aromatic heterocycles. The lowest BCUT2D eigenvalue weighted by Crippen LogP contribution is -2.66. The number of carbonyl (C=O) groups is 3. The van der Waals surface area contributed by atoms with E-state index < -0.39 is 34.7 Å². The standard InChI is InChI=1S/C101H24O6/c1-9-12-15-18-21-24-27-30-33-36-39-42-45-48-51-54-57-60-63-66-69-72-75-78-81-84-87-90-93-96(102)105-99(4,5)101(8,107-98(104)95-92-89-86-83-80-77-74-71-68-65-62-59-56-53-50-47-44-41-38-35-32-29-26-23-20-17-14-11-3)100(6,7)106-97(103)94-91-88-85-82-79-76-73-70-67-64-61-58-55-52-49-46-43-40-37-34-31-28-25-22-19-16-13-10-2/h1-3,78-83H,4-8H3. The van der Waals surface area contributed by atoms with Crippen molar-refractivity contribution in [1.29, 1.82) is 0 Å². The SMILES string of the molecule is C#CC#CC#CC#CC#CC#CC#CC#CC#CC#CC#CC#CC=CC#CC#CC(=O)OC(C)(C)C(C)(OC(=O)C#CC#CC=CC#CC#CC#CC#CC#CC#CC#CC#CC#CC#CC#CC#C)C(C)(C)OC(=O)C#CC#CC=CC#CC#CC#CC#CC#CC#CC#CC#CC#CC#CC#CC#C. The van der Waals surface area contributed by atoms with Gasteiger partial charge in [-0.15, -0.1) is 19.3 Å². The fourth-order valence-electron chi connectivity index (χ4n) is 4.74. The van der Waals surface area contributed by atoms with Crippen molar-refractivity contribution in [2.45, 2.75) is 51.4 Å². The Balaban J connectivity index is 6.27. The van der Waals surface area contributed by atoms with E-state index in [1.807, 2.05) is 0 Å². The first-order chi connectivity index (χ1) is 52.4. The number of ether oxygens (including phenoxy) is 3. The summed E-state index contributed by atoms with van der Waals surface area (Å²) in [6, 6.07) is 0. The molecule has 0 saturated carbocycles. The highest BCUT2D eigenvalue weighted by atomic mass is 16.6. The minimum absolute atomic E-state index is 1.10. The van der Waals surface area contributed by atoms with Gasteiger partial charge < -0.3 is 14.2 Å². The van der Waals surface area contributed by atoms with Crippen LogP contribution in [0.2, 0.25) is 0 Å². The summed E-state index contributed by atoms with van der Waals surface area (Å²) in [7, 11) is 0. The van der Waals surface area contributed by atoms with Gasteiger partial charge in [-0.2, -0.15) is 0 Å². The van der Waals surface area contributed by atoms with Gasteiger partial charge in [0.2, 0.25) is 0 Å². The van der Waals surface area contributed by atoms with E-state index in [-0.39, 0.29) is 0 Å². The van der Waals surface area contributed by atoms with E-state index in [0.29, 0.717) is 0 Å². The number of terminal acetylenes is 3. The first-order valence-electron chi connectivity index (χ1n) is 27.9. The molecule has 107 heavy (non-hydrogen) atoms. The lowest BCUT2D eigenvalue weighted by Gasteiger charge is -2.49. The first kappa shape index (κ1) is 86.2. The van der Waals surface area contributed by atoms with Gasteiger partial charge in [-0.05, 0) is 391 Å². The van der Waals surface area contributed by atoms with E-state index >= 15 is 0 Å². The molecule has 6 heteroatoms. The van der Waals surface area contributed by atoms with Crippen molar-refractivity contribution in [3.8, 4) is 499 Å². The summed E-state index contributed by atoms with van der Waals surface area (Å²) < 4.78 is 17.2. The topological polar surface area (TPSA) is 78.9 Å². The van der Waals surface area contributed by atoms with Crippen molar-refractivity contribution >= 4 is 17.9 Å². The normalized spacial score (nSPS) is 6.67. The van der Waals surface area contributed by atoms with Crippen LogP contribution in [0.4, 0.5) is 0 Å². The molecule has 0 radical (unpaired) electrons. The molecule has 0 bridgehead atoms. The second-order valence-corrected chi connectivity index (χ2v) is 16.5. The van der Waals surface area contributed by atoms with Crippen LogP contribution in [0.3, 0.4) is 0 Å². The maximum absolute atomic E-state index is 13.3. The summed E-state index contributed by atoms with van der Waals surface area (Å²) in [4.78, 5) is 39.6. The van der Waals surface area contributed by atoms with Crippen LogP contribution in [-0.4, -0.2) is 34.7 Å². The maximum Gasteiger partial charge on any atom is 0.386 e. The van der Waals surface area contributed by atoms with Crippen molar-refractivity contribution in [3.05, 3.63) is 36.5 Å². The predicted octanol–water partition coefficient (Wildman–Crippen LogP) is 2.63. The van der Waals surface area contributed by atoms with Crippen molar-refractivity contribution in [2.75, 3.05) is 0 Å². The summed E-state index contributed by atoms with van der Waals surface area (Å²) in [5.74, 6) is 196. The minimum atomic E-state index is -2.02. The van der Waals surface area contributed by atoms with E-state index in [9.17, 15) is 14.4 Å². The molecule has 0 fully saturated rings. The molecule has 0 aliphatic carbocycles. The highest BCUT2D eigenvalue weighted by Crippen LogP contribution is 2.41. The van der Waals surface area contributed by atoms with Crippen LogP contribution in [0.15, 0.2) is 36.5 Å². The van der Waals surface area contributed by atoms with Gasteiger partial charge in [0.05, 0.1) is 0 Å². The fourth-order valence-corrected chi connectivity index (χ4v) is 4.74. The monoisotopic (exact) mass is 1330 g/mol. The van der Waals surface area contributed by atoms with Crippen LogP contribution in [0.25, 0.3) is 0 Å². The van der Waals surface area contributed by atoms with Gasteiger partial charge in [0, 0.05) is 124 Å². The van der Waals surface area contributed by atoms with Crippen molar-refractivity contribution in [3.63, 3.8) is 0 Å². The Bertz CT molecular complexity index is 6510. The molecule has 0 spiro atoms.